The van der Waals surface area contributed by atoms with Crippen LogP contribution in [0.5, 0.6) is 0 Å². The molecular weight excluding hydrogens is 280 g/mol. The Balaban J connectivity index is 1.92. The van der Waals surface area contributed by atoms with Crippen LogP contribution in [0.15, 0.2) is 18.2 Å². The van der Waals surface area contributed by atoms with Gasteiger partial charge in [-0.15, -0.1) is 0 Å². The molecule has 0 aliphatic heterocycles. The van der Waals surface area contributed by atoms with Crippen LogP contribution in [-0.4, -0.2) is 23.5 Å². The van der Waals surface area contributed by atoms with E-state index in [9.17, 15) is 18.4 Å². The summed E-state index contributed by atoms with van der Waals surface area (Å²) in [5.74, 6) is -3.52. The lowest BCUT2D eigenvalue weighted by Gasteiger charge is -2.19. The van der Waals surface area contributed by atoms with Gasteiger partial charge in [0.2, 0.25) is 5.91 Å². The summed E-state index contributed by atoms with van der Waals surface area (Å²) < 4.78 is 26.0. The Morgan fingerprint density at radius 2 is 2.00 bits per heavy atom. The Hall–Kier alpha value is -1.98. The largest absolute Gasteiger partial charge is 0.481 e. The lowest BCUT2D eigenvalue weighted by Crippen LogP contribution is -2.39. The third kappa shape index (κ3) is 3.37. The second-order valence-corrected chi connectivity index (χ2v) is 6.03. The fourth-order valence-corrected chi connectivity index (χ4v) is 2.11. The molecule has 0 heterocycles. The first-order chi connectivity index (χ1) is 9.72. The molecule has 2 atom stereocenters. The fraction of sp³-hybridized carbons (Fsp3) is 0.467. The Morgan fingerprint density at radius 3 is 2.57 bits per heavy atom. The third-order valence-electron chi connectivity index (χ3n) is 3.78. The number of benzene rings is 1. The Morgan fingerprint density at radius 1 is 1.33 bits per heavy atom. The number of carbonyl (C=O) groups excluding carboxylic acids is 1. The van der Waals surface area contributed by atoms with Crippen LogP contribution in [0, 0.1) is 23.0 Å². The van der Waals surface area contributed by atoms with E-state index in [-0.39, 0.29) is 24.3 Å². The Labute approximate surface area is 121 Å². The van der Waals surface area contributed by atoms with Gasteiger partial charge >= 0.3 is 5.97 Å². The Bertz CT molecular complexity index is 586. The maximum Gasteiger partial charge on any atom is 0.310 e. The lowest BCUT2D eigenvalue weighted by atomic mass is 9.94. The molecule has 21 heavy (non-hydrogen) atoms. The van der Waals surface area contributed by atoms with Gasteiger partial charge in [0.25, 0.3) is 0 Å². The molecule has 2 rings (SSSR count). The van der Waals surface area contributed by atoms with Crippen LogP contribution < -0.4 is 5.32 Å². The summed E-state index contributed by atoms with van der Waals surface area (Å²) in [5.41, 5.74) is -0.450. The number of amides is 1. The number of hydrogen-bond donors (Lipinski definition) is 2. The molecule has 0 aromatic heterocycles. The number of nitrogens with one attached hydrogen (secondary N) is 1. The topological polar surface area (TPSA) is 66.4 Å². The molecule has 1 aliphatic rings. The van der Waals surface area contributed by atoms with Crippen molar-refractivity contribution in [3.05, 3.63) is 35.4 Å². The molecule has 4 nitrogen and oxygen atoms in total. The summed E-state index contributed by atoms with van der Waals surface area (Å²) in [6.45, 7) is 3.08. The molecule has 0 spiro atoms. The number of carboxylic acid groups (broad SMARTS) is 1. The van der Waals surface area contributed by atoms with Crippen molar-refractivity contribution in [1.29, 1.82) is 0 Å². The predicted molar refractivity (Wildman–Crippen MR) is 71.6 cm³/mol. The van der Waals surface area contributed by atoms with Crippen molar-refractivity contribution >= 4 is 11.9 Å². The fourth-order valence-electron chi connectivity index (χ4n) is 2.11. The summed E-state index contributed by atoms with van der Waals surface area (Å²) in [6, 6.07) is 3.62. The van der Waals surface area contributed by atoms with Crippen LogP contribution in [0.2, 0.25) is 0 Å². The smallest absolute Gasteiger partial charge is 0.310 e. The van der Waals surface area contributed by atoms with Crippen LogP contribution in [0.25, 0.3) is 0 Å². The molecule has 0 unspecified atom stereocenters. The maximum absolute atomic E-state index is 13.1. The third-order valence-corrected chi connectivity index (χ3v) is 3.78. The highest BCUT2D eigenvalue weighted by molar-refractivity contribution is 5.83. The zero-order valence-electron chi connectivity index (χ0n) is 11.8. The van der Waals surface area contributed by atoms with Gasteiger partial charge in [0.1, 0.15) is 0 Å². The van der Waals surface area contributed by atoms with E-state index in [1.807, 2.05) is 0 Å². The molecule has 1 aromatic carbocycles. The molecule has 1 saturated carbocycles. The number of rotatable bonds is 5. The summed E-state index contributed by atoms with van der Waals surface area (Å²) in [6.07, 6.45) is 0.560. The summed E-state index contributed by atoms with van der Waals surface area (Å²) in [5, 5.41) is 11.6. The quantitative estimate of drug-likeness (QED) is 0.876. The van der Waals surface area contributed by atoms with Crippen molar-refractivity contribution in [2.45, 2.75) is 26.2 Å². The van der Waals surface area contributed by atoms with Gasteiger partial charge in [-0.1, -0.05) is 6.07 Å². The molecule has 6 heteroatoms. The number of halogens is 2. The van der Waals surface area contributed by atoms with Gasteiger partial charge in [-0.25, -0.2) is 8.78 Å². The van der Waals surface area contributed by atoms with Crippen LogP contribution in [0.3, 0.4) is 0 Å². The van der Waals surface area contributed by atoms with Crippen molar-refractivity contribution < 1.29 is 23.5 Å². The van der Waals surface area contributed by atoms with Gasteiger partial charge in [0.15, 0.2) is 11.6 Å². The van der Waals surface area contributed by atoms with E-state index in [0.717, 1.165) is 12.1 Å². The number of hydrogen-bond acceptors (Lipinski definition) is 2. The molecule has 1 aliphatic carbocycles. The molecule has 2 N–H and O–H groups in total. The van der Waals surface area contributed by atoms with Gasteiger partial charge in [-0.05, 0) is 43.9 Å². The molecule has 114 valence electrons. The normalized spacial score (nSPS) is 21.0. The summed E-state index contributed by atoms with van der Waals surface area (Å²) in [4.78, 5) is 22.9. The van der Waals surface area contributed by atoms with Crippen molar-refractivity contribution in [3.63, 3.8) is 0 Å². The first-order valence-corrected chi connectivity index (χ1v) is 6.68. The van der Waals surface area contributed by atoms with Crippen molar-refractivity contribution in [1.82, 2.24) is 5.32 Å². The van der Waals surface area contributed by atoms with Crippen molar-refractivity contribution in [3.8, 4) is 0 Å². The monoisotopic (exact) mass is 297 g/mol. The number of carbonyl (C=O) groups is 2. The van der Waals surface area contributed by atoms with Gasteiger partial charge in [0.05, 0.1) is 5.41 Å². The van der Waals surface area contributed by atoms with Gasteiger partial charge in [-0.3, -0.25) is 9.59 Å². The minimum atomic E-state index is -1.04. The Kier molecular flexibility index (Phi) is 3.98. The highest BCUT2D eigenvalue weighted by Crippen LogP contribution is 2.47. The molecule has 0 saturated heterocycles. The van der Waals surface area contributed by atoms with Gasteiger partial charge in [-0.2, -0.15) is 0 Å². The second kappa shape index (κ2) is 5.42. The van der Waals surface area contributed by atoms with E-state index in [0.29, 0.717) is 12.0 Å². The van der Waals surface area contributed by atoms with Crippen LogP contribution in [-0.2, 0) is 9.59 Å². The SMILES string of the molecule is CC(C)(CNC(=O)[C@@H]1C[C@@H]1c1ccc(F)c(F)c1)C(=O)O. The minimum Gasteiger partial charge on any atom is -0.481 e. The first-order valence-electron chi connectivity index (χ1n) is 6.68. The predicted octanol–water partition coefficient (Wildman–Crippen LogP) is 2.30. The van der Waals surface area contributed by atoms with Gasteiger partial charge < -0.3 is 10.4 Å². The summed E-state index contributed by atoms with van der Waals surface area (Å²) in [7, 11) is 0. The zero-order chi connectivity index (χ0) is 15.8. The number of carboxylic acids is 1. The zero-order valence-corrected chi connectivity index (χ0v) is 11.8. The average Bonchev–Trinajstić information content (AvgIpc) is 3.19. The molecule has 0 bridgehead atoms. The molecule has 0 radical (unpaired) electrons. The van der Waals surface area contributed by atoms with Gasteiger partial charge in [0, 0.05) is 12.5 Å². The molecule has 1 amide bonds. The van der Waals surface area contributed by atoms with Crippen LogP contribution >= 0.6 is 0 Å². The van der Waals surface area contributed by atoms with E-state index in [4.69, 9.17) is 5.11 Å². The highest BCUT2D eigenvalue weighted by Gasteiger charge is 2.44. The molecular formula is C15H17F2NO3. The highest BCUT2D eigenvalue weighted by atomic mass is 19.2. The van der Waals surface area contributed by atoms with E-state index in [1.54, 1.807) is 0 Å². The van der Waals surface area contributed by atoms with Crippen molar-refractivity contribution in [2.24, 2.45) is 11.3 Å². The number of aliphatic carboxylic acids is 1. The molecule has 1 fully saturated rings. The average molecular weight is 297 g/mol. The van der Waals surface area contributed by atoms with Crippen LogP contribution in [0.1, 0.15) is 31.7 Å². The summed E-state index contributed by atoms with van der Waals surface area (Å²) >= 11 is 0. The van der Waals surface area contributed by atoms with Crippen LogP contribution in [0.4, 0.5) is 8.78 Å². The van der Waals surface area contributed by atoms with E-state index < -0.39 is 23.0 Å². The standard InChI is InChI=1S/C15H17F2NO3/c1-15(2,14(20)21)7-18-13(19)10-6-9(10)8-3-4-11(16)12(17)5-8/h3-5,9-10H,6-7H2,1-2H3,(H,18,19)(H,20,21)/t9-,10-/m1/s1. The van der Waals surface area contributed by atoms with E-state index in [2.05, 4.69) is 5.32 Å². The second-order valence-electron chi connectivity index (χ2n) is 6.03. The molecule has 1 aromatic rings. The van der Waals surface area contributed by atoms with E-state index in [1.165, 1.54) is 19.9 Å². The minimum absolute atomic E-state index is 0.0299. The first kappa shape index (κ1) is 15.4. The lowest BCUT2D eigenvalue weighted by molar-refractivity contribution is -0.146. The van der Waals surface area contributed by atoms with Crippen molar-refractivity contribution in [2.75, 3.05) is 6.54 Å². The van der Waals surface area contributed by atoms with E-state index >= 15 is 0 Å². The maximum atomic E-state index is 13.1.